The highest BCUT2D eigenvalue weighted by Gasteiger charge is 2.40. The van der Waals surface area contributed by atoms with Crippen LogP contribution in [0, 0.1) is 0 Å². The van der Waals surface area contributed by atoms with Crippen molar-refractivity contribution >= 4 is 27.7 Å². The highest BCUT2D eigenvalue weighted by Crippen LogP contribution is 2.29. The molecule has 2 aromatic rings. The van der Waals surface area contributed by atoms with E-state index in [0.29, 0.717) is 22.4 Å². The molecular formula is C17H17BrF3N3O4. The van der Waals surface area contributed by atoms with E-state index in [9.17, 15) is 18.0 Å². The van der Waals surface area contributed by atoms with Crippen LogP contribution in [-0.2, 0) is 6.54 Å². The van der Waals surface area contributed by atoms with E-state index >= 15 is 0 Å². The summed E-state index contributed by atoms with van der Waals surface area (Å²) < 4.78 is 45.1. The summed E-state index contributed by atoms with van der Waals surface area (Å²) in [5, 5.41) is 25.4. The molecule has 2 unspecified atom stereocenters. The van der Waals surface area contributed by atoms with Gasteiger partial charge in [0.2, 0.25) is 0 Å². The zero-order chi connectivity index (χ0) is 20.9. The van der Waals surface area contributed by atoms with Crippen molar-refractivity contribution in [3.8, 4) is 5.75 Å². The molecule has 7 nitrogen and oxygen atoms in total. The SMILES string of the molecule is CCN(Cc1cc(Br)ccc1OC(F)C(O)(F)CF)c1ccc(C(=O)O)nn1. The number of carboxylic acid groups (broad SMARTS) is 1. The van der Waals surface area contributed by atoms with Gasteiger partial charge in [-0.3, -0.25) is 0 Å². The minimum absolute atomic E-state index is 0.103. The van der Waals surface area contributed by atoms with Crippen molar-refractivity contribution < 1.29 is 32.9 Å². The third kappa shape index (κ3) is 5.32. The summed E-state index contributed by atoms with van der Waals surface area (Å²) in [4.78, 5) is 12.6. The number of aromatic carboxylic acids is 1. The number of hydrogen-bond donors (Lipinski definition) is 2. The summed E-state index contributed by atoms with van der Waals surface area (Å²) in [5.41, 5.74) is 0.164. The third-order valence-corrected chi connectivity index (χ3v) is 4.22. The number of carbonyl (C=O) groups is 1. The Bertz CT molecular complexity index is 824. The first-order valence-electron chi connectivity index (χ1n) is 8.06. The standard InChI is InChI=1S/C17H17BrF3N3O4/c1-2-24(14-6-4-12(15(25)26)22-23-14)8-10-7-11(18)3-5-13(10)28-16(20)17(21,27)9-19/h3-7,16,27H,2,8-9H2,1H3,(H,25,26). The Morgan fingerprint density at radius 3 is 2.61 bits per heavy atom. The molecule has 0 aliphatic carbocycles. The van der Waals surface area contributed by atoms with Gasteiger partial charge in [0.05, 0.1) is 0 Å². The van der Waals surface area contributed by atoms with Gasteiger partial charge in [0.1, 0.15) is 5.75 Å². The predicted molar refractivity (Wildman–Crippen MR) is 97.4 cm³/mol. The van der Waals surface area contributed by atoms with Crippen LogP contribution in [0.2, 0.25) is 0 Å². The van der Waals surface area contributed by atoms with Crippen LogP contribution in [0.25, 0.3) is 0 Å². The largest absolute Gasteiger partial charge is 0.476 e. The number of aromatic nitrogens is 2. The third-order valence-electron chi connectivity index (χ3n) is 3.72. The number of ether oxygens (including phenoxy) is 1. The molecule has 2 N–H and O–H groups in total. The Hall–Kier alpha value is -2.40. The molecule has 0 saturated carbocycles. The summed E-state index contributed by atoms with van der Waals surface area (Å²) in [6.07, 6.45) is -2.93. The lowest BCUT2D eigenvalue weighted by Gasteiger charge is -2.25. The molecule has 0 saturated heterocycles. The molecule has 2 atom stereocenters. The number of alkyl halides is 3. The van der Waals surface area contributed by atoms with Gasteiger partial charge in [-0.25, -0.2) is 13.6 Å². The molecule has 0 amide bonds. The van der Waals surface area contributed by atoms with Crippen LogP contribution in [-0.4, -0.2) is 51.8 Å². The molecule has 1 aromatic carbocycles. The molecule has 11 heteroatoms. The van der Waals surface area contributed by atoms with E-state index in [1.165, 1.54) is 24.3 Å². The van der Waals surface area contributed by atoms with Crippen molar-refractivity contribution in [2.24, 2.45) is 0 Å². The molecule has 152 valence electrons. The van der Waals surface area contributed by atoms with Crippen LogP contribution >= 0.6 is 15.9 Å². The fraction of sp³-hybridized carbons (Fsp3) is 0.353. The van der Waals surface area contributed by atoms with Crippen molar-refractivity contribution in [2.75, 3.05) is 18.1 Å². The molecular weight excluding hydrogens is 447 g/mol. The van der Waals surface area contributed by atoms with Crippen LogP contribution in [0.5, 0.6) is 5.75 Å². The Morgan fingerprint density at radius 1 is 1.36 bits per heavy atom. The number of anilines is 1. The maximum absolute atomic E-state index is 13.8. The topological polar surface area (TPSA) is 95.8 Å². The summed E-state index contributed by atoms with van der Waals surface area (Å²) >= 11 is 3.26. The first-order valence-corrected chi connectivity index (χ1v) is 8.85. The Balaban J connectivity index is 2.27. The van der Waals surface area contributed by atoms with Gasteiger partial charge in [0, 0.05) is 23.1 Å². The second-order valence-corrected chi connectivity index (χ2v) is 6.65. The maximum atomic E-state index is 13.8. The second kappa shape index (κ2) is 9.20. The monoisotopic (exact) mass is 463 g/mol. The van der Waals surface area contributed by atoms with Crippen molar-refractivity contribution in [2.45, 2.75) is 25.7 Å². The van der Waals surface area contributed by atoms with Gasteiger partial charge in [-0.05, 0) is 37.3 Å². The molecule has 0 radical (unpaired) electrons. The summed E-state index contributed by atoms with van der Waals surface area (Å²) in [6.45, 7) is 0.363. The van der Waals surface area contributed by atoms with Crippen LogP contribution in [0.15, 0.2) is 34.8 Å². The maximum Gasteiger partial charge on any atom is 0.356 e. The lowest BCUT2D eigenvalue weighted by atomic mass is 10.2. The molecule has 2 rings (SSSR count). The number of hydrogen-bond acceptors (Lipinski definition) is 6. The number of halogens is 4. The smallest absolute Gasteiger partial charge is 0.356 e. The first-order chi connectivity index (χ1) is 13.2. The van der Waals surface area contributed by atoms with E-state index in [-0.39, 0.29) is 18.0 Å². The lowest BCUT2D eigenvalue weighted by Crippen LogP contribution is -2.41. The van der Waals surface area contributed by atoms with Gasteiger partial charge in [-0.2, -0.15) is 4.39 Å². The fourth-order valence-corrected chi connectivity index (χ4v) is 2.63. The van der Waals surface area contributed by atoms with Crippen LogP contribution in [0.4, 0.5) is 19.0 Å². The van der Waals surface area contributed by atoms with E-state index in [1.54, 1.807) is 17.9 Å². The first kappa shape index (κ1) is 21.9. The molecule has 0 aliphatic rings. The highest BCUT2D eigenvalue weighted by atomic mass is 79.9. The normalized spacial score (nSPS) is 14.2. The van der Waals surface area contributed by atoms with Crippen LogP contribution in [0.1, 0.15) is 23.0 Å². The fourth-order valence-electron chi connectivity index (χ4n) is 2.22. The van der Waals surface area contributed by atoms with Crippen molar-refractivity contribution in [3.63, 3.8) is 0 Å². The zero-order valence-corrected chi connectivity index (χ0v) is 16.2. The Morgan fingerprint density at radius 2 is 2.07 bits per heavy atom. The van der Waals surface area contributed by atoms with Crippen molar-refractivity contribution in [3.05, 3.63) is 46.1 Å². The minimum Gasteiger partial charge on any atom is -0.476 e. The summed E-state index contributed by atoms with van der Waals surface area (Å²) in [7, 11) is 0. The van der Waals surface area contributed by atoms with Gasteiger partial charge < -0.3 is 19.8 Å². The van der Waals surface area contributed by atoms with Gasteiger partial charge in [-0.15, -0.1) is 10.2 Å². The lowest BCUT2D eigenvalue weighted by molar-refractivity contribution is -0.213. The number of nitrogens with zero attached hydrogens (tertiary/aromatic N) is 3. The van der Waals surface area contributed by atoms with Gasteiger partial charge >= 0.3 is 11.8 Å². The van der Waals surface area contributed by atoms with Gasteiger partial charge in [0.25, 0.3) is 6.36 Å². The average Bonchev–Trinajstić information content (AvgIpc) is 2.67. The molecule has 28 heavy (non-hydrogen) atoms. The highest BCUT2D eigenvalue weighted by molar-refractivity contribution is 9.10. The van der Waals surface area contributed by atoms with E-state index in [0.717, 1.165) is 0 Å². The molecule has 0 aliphatic heterocycles. The number of benzene rings is 1. The van der Waals surface area contributed by atoms with E-state index < -0.39 is 24.9 Å². The van der Waals surface area contributed by atoms with E-state index in [1.807, 2.05) is 0 Å². The molecule has 0 bridgehead atoms. The summed E-state index contributed by atoms with van der Waals surface area (Å²) in [5.74, 6) is -4.74. The van der Waals surface area contributed by atoms with Gasteiger partial charge in [-0.1, -0.05) is 15.9 Å². The predicted octanol–water partition coefficient (Wildman–Crippen LogP) is 3.27. The number of carboxylic acids is 1. The molecule has 1 heterocycles. The van der Waals surface area contributed by atoms with Crippen molar-refractivity contribution in [1.29, 1.82) is 0 Å². The van der Waals surface area contributed by atoms with E-state index in [2.05, 4.69) is 26.1 Å². The van der Waals surface area contributed by atoms with Crippen LogP contribution < -0.4 is 9.64 Å². The molecule has 0 spiro atoms. The summed E-state index contributed by atoms with van der Waals surface area (Å²) in [6, 6.07) is 7.17. The quantitative estimate of drug-likeness (QED) is 0.588. The van der Waals surface area contributed by atoms with Crippen molar-refractivity contribution in [1.82, 2.24) is 10.2 Å². The second-order valence-electron chi connectivity index (χ2n) is 5.73. The molecule has 0 fully saturated rings. The number of rotatable bonds is 9. The Kier molecular flexibility index (Phi) is 7.19. The Labute approximate surface area is 166 Å². The van der Waals surface area contributed by atoms with E-state index in [4.69, 9.17) is 14.9 Å². The minimum atomic E-state index is -3.77. The van der Waals surface area contributed by atoms with Gasteiger partial charge in [0.15, 0.2) is 18.2 Å². The molecule has 1 aromatic heterocycles. The number of aliphatic hydroxyl groups is 1. The zero-order valence-electron chi connectivity index (χ0n) is 14.6. The average molecular weight is 464 g/mol. The van der Waals surface area contributed by atoms with Crippen LogP contribution in [0.3, 0.4) is 0 Å².